The van der Waals surface area contributed by atoms with Crippen molar-refractivity contribution in [2.24, 2.45) is 0 Å². The zero-order valence-electron chi connectivity index (χ0n) is 17.3. The van der Waals surface area contributed by atoms with Gasteiger partial charge in [0.15, 0.2) is 0 Å². The van der Waals surface area contributed by atoms with Gasteiger partial charge in [0.25, 0.3) is 11.5 Å². The van der Waals surface area contributed by atoms with Crippen LogP contribution in [0.1, 0.15) is 39.8 Å². The second-order valence-electron chi connectivity index (χ2n) is 7.93. The third-order valence-corrected chi connectivity index (χ3v) is 5.42. The molecule has 162 valence electrons. The van der Waals surface area contributed by atoms with Crippen molar-refractivity contribution in [1.82, 2.24) is 19.0 Å². The van der Waals surface area contributed by atoms with Crippen LogP contribution in [0.5, 0.6) is 0 Å². The number of halogens is 3. The molecule has 0 aliphatic carbocycles. The number of imidazole rings is 1. The van der Waals surface area contributed by atoms with E-state index in [1.54, 1.807) is 42.8 Å². The number of carbonyl (C=O) groups is 1. The molecule has 9 heteroatoms. The highest BCUT2D eigenvalue weighted by Gasteiger charge is 2.33. The third kappa shape index (κ3) is 3.87. The minimum absolute atomic E-state index is 0.0292. The Balaban J connectivity index is 1.68. The van der Waals surface area contributed by atoms with Crippen molar-refractivity contribution in [2.45, 2.75) is 46.1 Å². The Morgan fingerprint density at radius 2 is 1.87 bits per heavy atom. The summed E-state index contributed by atoms with van der Waals surface area (Å²) in [5, 5.41) is 0. The predicted octanol–water partition coefficient (Wildman–Crippen LogP) is 3.71. The molecular weight excluding hydrogens is 409 g/mol. The fraction of sp³-hybridized carbons (Fsp3) is 0.318. The monoisotopic (exact) mass is 430 g/mol. The van der Waals surface area contributed by atoms with Gasteiger partial charge in [0.2, 0.25) is 0 Å². The van der Waals surface area contributed by atoms with Crippen LogP contribution in [0, 0.1) is 13.8 Å². The molecule has 0 bridgehead atoms. The number of hydrogen-bond acceptors (Lipinski definition) is 3. The molecule has 0 saturated carbocycles. The first-order valence-electron chi connectivity index (χ1n) is 9.78. The van der Waals surface area contributed by atoms with Crippen molar-refractivity contribution in [3.05, 3.63) is 81.3 Å². The van der Waals surface area contributed by atoms with Gasteiger partial charge < -0.3 is 14.0 Å². The molecule has 1 aromatic carbocycles. The van der Waals surface area contributed by atoms with E-state index in [0.29, 0.717) is 16.8 Å². The van der Waals surface area contributed by atoms with E-state index in [1.165, 1.54) is 15.8 Å². The highest BCUT2D eigenvalue weighted by Crippen LogP contribution is 2.31. The number of nitrogens with zero attached hydrogens (tertiary/aromatic N) is 4. The number of carbonyl (C=O) groups excluding carboxylic acids is 1. The number of rotatable bonds is 3. The third-order valence-electron chi connectivity index (χ3n) is 5.42. The van der Waals surface area contributed by atoms with Crippen LogP contribution in [-0.4, -0.2) is 31.0 Å². The second-order valence-corrected chi connectivity index (χ2v) is 7.93. The molecule has 0 unspecified atom stereocenters. The van der Waals surface area contributed by atoms with Crippen LogP contribution in [0.15, 0.2) is 47.7 Å². The molecule has 1 aliphatic heterocycles. The average molecular weight is 430 g/mol. The first kappa shape index (κ1) is 20.9. The van der Waals surface area contributed by atoms with Crippen molar-refractivity contribution >= 4 is 5.91 Å². The Labute approximate surface area is 176 Å². The lowest BCUT2D eigenvalue weighted by Crippen LogP contribution is -2.49. The smallest absolute Gasteiger partial charge is 0.329 e. The van der Waals surface area contributed by atoms with Crippen LogP contribution in [0.3, 0.4) is 0 Å². The number of benzene rings is 1. The predicted molar refractivity (Wildman–Crippen MR) is 108 cm³/mol. The average Bonchev–Trinajstić information content (AvgIpc) is 3.11. The molecule has 0 N–H and O–H groups in total. The number of fused-ring (bicyclic) bond motifs is 1. The van der Waals surface area contributed by atoms with Crippen LogP contribution in [-0.2, 0) is 19.3 Å². The molecule has 1 atom stereocenters. The Morgan fingerprint density at radius 3 is 2.52 bits per heavy atom. The number of hydrogen-bond donors (Lipinski definition) is 0. The van der Waals surface area contributed by atoms with Gasteiger partial charge in [-0.05, 0) is 50.6 Å². The van der Waals surface area contributed by atoms with Gasteiger partial charge in [-0.2, -0.15) is 13.2 Å². The summed E-state index contributed by atoms with van der Waals surface area (Å²) in [6, 6.07) is 6.56. The van der Waals surface area contributed by atoms with Crippen LogP contribution < -0.4 is 5.56 Å². The highest BCUT2D eigenvalue weighted by molar-refractivity contribution is 5.93. The fourth-order valence-corrected chi connectivity index (χ4v) is 3.94. The first-order valence-corrected chi connectivity index (χ1v) is 9.78. The largest absolute Gasteiger partial charge is 0.416 e. The highest BCUT2D eigenvalue weighted by atomic mass is 19.4. The normalized spacial score (nSPS) is 16.5. The van der Waals surface area contributed by atoms with Crippen LogP contribution >= 0.6 is 0 Å². The molecule has 0 radical (unpaired) electrons. The maximum absolute atomic E-state index is 13.2. The Kier molecular flexibility index (Phi) is 4.99. The lowest BCUT2D eigenvalue weighted by molar-refractivity contribution is -0.137. The topological polar surface area (TPSA) is 60.1 Å². The Hall–Kier alpha value is -3.36. The molecule has 0 saturated heterocycles. The summed E-state index contributed by atoms with van der Waals surface area (Å²) in [5.41, 5.74) is 1.17. The molecule has 1 aliphatic rings. The molecule has 0 fully saturated rings. The summed E-state index contributed by atoms with van der Waals surface area (Å²) in [6.45, 7) is 5.46. The van der Waals surface area contributed by atoms with E-state index in [-0.39, 0.29) is 36.3 Å². The van der Waals surface area contributed by atoms with Gasteiger partial charge >= 0.3 is 6.18 Å². The van der Waals surface area contributed by atoms with Gasteiger partial charge in [0.1, 0.15) is 11.4 Å². The Morgan fingerprint density at radius 1 is 1.13 bits per heavy atom. The number of pyridine rings is 1. The zero-order valence-corrected chi connectivity index (χ0v) is 17.3. The maximum atomic E-state index is 13.2. The summed E-state index contributed by atoms with van der Waals surface area (Å²) >= 11 is 0. The summed E-state index contributed by atoms with van der Waals surface area (Å²) < 4.78 is 42.6. The van der Waals surface area contributed by atoms with Crippen molar-refractivity contribution in [2.75, 3.05) is 0 Å². The quantitative estimate of drug-likeness (QED) is 0.637. The lowest BCUT2D eigenvalue weighted by Gasteiger charge is -2.35. The van der Waals surface area contributed by atoms with Crippen molar-refractivity contribution in [3.8, 4) is 5.69 Å². The first-order chi connectivity index (χ1) is 14.5. The molecule has 31 heavy (non-hydrogen) atoms. The van der Waals surface area contributed by atoms with E-state index < -0.39 is 11.7 Å². The fourth-order valence-electron chi connectivity index (χ4n) is 3.94. The van der Waals surface area contributed by atoms with Gasteiger partial charge in [-0.15, -0.1) is 0 Å². The summed E-state index contributed by atoms with van der Waals surface area (Å²) in [6.07, 6.45) is -1.20. The standard InChI is InChI=1S/C22H21F3N4O2/c1-13-6-16(8-17(7-13)22(23,24)25)11-28-15(3)10-29-19(21(28)31)5-4-18(20(29)30)27-9-14(2)26-12-27/h4-9,12,15H,10-11H2,1-3H3/t15-/m1/s1. The van der Waals surface area contributed by atoms with E-state index in [0.717, 1.165) is 17.8 Å². The number of aryl methyl sites for hydroxylation is 2. The van der Waals surface area contributed by atoms with E-state index in [2.05, 4.69) is 4.98 Å². The summed E-state index contributed by atoms with van der Waals surface area (Å²) in [7, 11) is 0. The Bertz CT molecular complexity index is 1230. The van der Waals surface area contributed by atoms with Gasteiger partial charge in [-0.1, -0.05) is 11.6 Å². The number of alkyl halides is 3. The SMILES string of the molecule is Cc1cc(CN2C(=O)c3ccc(-n4cnc(C)c4)c(=O)n3C[C@H]2C)cc(C(F)(F)F)c1. The molecule has 1 amide bonds. The van der Waals surface area contributed by atoms with Crippen LogP contribution in [0.25, 0.3) is 5.69 Å². The molecule has 3 aromatic rings. The molecule has 4 rings (SSSR count). The maximum Gasteiger partial charge on any atom is 0.416 e. The molecule has 6 nitrogen and oxygen atoms in total. The molecular formula is C22H21F3N4O2. The number of amides is 1. The minimum Gasteiger partial charge on any atom is -0.329 e. The lowest BCUT2D eigenvalue weighted by atomic mass is 10.0. The van der Waals surface area contributed by atoms with E-state index in [9.17, 15) is 22.8 Å². The van der Waals surface area contributed by atoms with Crippen molar-refractivity contribution in [1.29, 1.82) is 0 Å². The van der Waals surface area contributed by atoms with Gasteiger partial charge in [0.05, 0.1) is 17.6 Å². The van der Waals surface area contributed by atoms with Crippen molar-refractivity contribution < 1.29 is 18.0 Å². The molecule has 3 heterocycles. The summed E-state index contributed by atoms with van der Waals surface area (Å²) in [4.78, 5) is 31.8. The second kappa shape index (κ2) is 7.40. The van der Waals surface area contributed by atoms with Crippen LogP contribution in [0.2, 0.25) is 0 Å². The minimum atomic E-state index is -4.46. The van der Waals surface area contributed by atoms with Gasteiger partial charge in [-0.3, -0.25) is 9.59 Å². The summed E-state index contributed by atoms with van der Waals surface area (Å²) in [5.74, 6) is -0.390. The van der Waals surface area contributed by atoms with E-state index >= 15 is 0 Å². The molecule has 0 spiro atoms. The van der Waals surface area contributed by atoms with E-state index in [4.69, 9.17) is 0 Å². The van der Waals surface area contributed by atoms with Crippen LogP contribution in [0.4, 0.5) is 13.2 Å². The van der Waals surface area contributed by atoms with E-state index in [1.807, 2.05) is 6.92 Å². The number of aromatic nitrogens is 3. The van der Waals surface area contributed by atoms with Gasteiger partial charge in [0, 0.05) is 25.3 Å². The zero-order chi connectivity index (χ0) is 22.5. The van der Waals surface area contributed by atoms with Crippen molar-refractivity contribution in [3.63, 3.8) is 0 Å². The van der Waals surface area contributed by atoms with Gasteiger partial charge in [-0.25, -0.2) is 4.98 Å². The molecule has 2 aromatic heterocycles.